The fourth-order valence-electron chi connectivity index (χ4n) is 3.89. The van der Waals surface area contributed by atoms with Gasteiger partial charge in [-0.25, -0.2) is 9.67 Å². The number of nitro groups is 1. The number of thiazole rings is 1. The summed E-state index contributed by atoms with van der Waals surface area (Å²) < 4.78 is 1.83. The number of nitro benzene ring substituents is 1. The second kappa shape index (κ2) is 8.72. The standard InChI is InChI=1S/C25H20N4O2S/c30-29(31)21-13-6-10-19(16-21)24-17-32-25(26-20-11-2-1-3-12-20)28(24)27-23-15-7-9-18-8-4-5-14-22(18)23/h1-6,8,10-14,16-17H,7,9,15H2. The Kier molecular flexibility index (Phi) is 5.47. The summed E-state index contributed by atoms with van der Waals surface area (Å²) in [6.45, 7) is 0. The molecule has 1 aliphatic carbocycles. The average Bonchev–Trinajstić information content (AvgIpc) is 3.22. The molecule has 0 amide bonds. The lowest BCUT2D eigenvalue weighted by atomic mass is 9.90. The van der Waals surface area contributed by atoms with Crippen molar-refractivity contribution in [3.8, 4) is 11.3 Å². The molecule has 32 heavy (non-hydrogen) atoms. The van der Waals surface area contributed by atoms with E-state index in [1.165, 1.54) is 23.0 Å². The van der Waals surface area contributed by atoms with Crippen molar-refractivity contribution in [1.29, 1.82) is 0 Å². The van der Waals surface area contributed by atoms with E-state index in [2.05, 4.69) is 18.2 Å². The molecule has 4 aromatic rings. The van der Waals surface area contributed by atoms with Crippen molar-refractivity contribution < 1.29 is 4.92 Å². The Morgan fingerprint density at radius 2 is 1.75 bits per heavy atom. The van der Waals surface area contributed by atoms with Crippen LogP contribution in [-0.2, 0) is 6.42 Å². The highest BCUT2D eigenvalue weighted by molar-refractivity contribution is 7.07. The SMILES string of the molecule is O=[N+]([O-])c1cccc(-c2csc(=Nc3ccccc3)n2N=C2CCCc3ccccc32)c1. The minimum absolute atomic E-state index is 0.0532. The van der Waals surface area contributed by atoms with Gasteiger partial charge < -0.3 is 0 Å². The molecule has 0 fully saturated rings. The maximum absolute atomic E-state index is 11.3. The number of hydrogen-bond donors (Lipinski definition) is 0. The summed E-state index contributed by atoms with van der Waals surface area (Å²) in [5, 5.41) is 18.3. The number of aromatic nitrogens is 1. The average molecular weight is 441 g/mol. The van der Waals surface area contributed by atoms with Crippen molar-refractivity contribution in [3.05, 3.63) is 110 Å². The number of fused-ring (bicyclic) bond motifs is 1. The van der Waals surface area contributed by atoms with Crippen molar-refractivity contribution in [2.75, 3.05) is 0 Å². The van der Waals surface area contributed by atoms with Gasteiger partial charge in [-0.1, -0.05) is 54.6 Å². The maximum atomic E-state index is 11.3. The molecule has 0 saturated heterocycles. The molecular weight excluding hydrogens is 420 g/mol. The zero-order valence-electron chi connectivity index (χ0n) is 17.2. The quantitative estimate of drug-likeness (QED) is 0.291. The summed E-state index contributed by atoms with van der Waals surface area (Å²) in [7, 11) is 0. The monoisotopic (exact) mass is 440 g/mol. The normalized spacial score (nSPS) is 15.0. The van der Waals surface area contributed by atoms with Crippen molar-refractivity contribution in [2.45, 2.75) is 19.3 Å². The van der Waals surface area contributed by atoms with Crippen molar-refractivity contribution in [2.24, 2.45) is 10.1 Å². The molecule has 7 heteroatoms. The molecule has 1 heterocycles. The van der Waals surface area contributed by atoms with Crippen LogP contribution < -0.4 is 4.80 Å². The summed E-state index contributed by atoms with van der Waals surface area (Å²) in [5.74, 6) is 0. The number of rotatable bonds is 4. The van der Waals surface area contributed by atoms with E-state index in [1.54, 1.807) is 12.1 Å². The summed E-state index contributed by atoms with van der Waals surface area (Å²) in [4.78, 5) is 16.5. The van der Waals surface area contributed by atoms with Gasteiger partial charge in [0.1, 0.15) is 0 Å². The highest BCUT2D eigenvalue weighted by Crippen LogP contribution is 2.27. The fourth-order valence-corrected chi connectivity index (χ4v) is 4.74. The number of para-hydroxylation sites is 1. The Labute approximate surface area is 189 Å². The van der Waals surface area contributed by atoms with Crippen LogP contribution in [0.2, 0.25) is 0 Å². The molecule has 3 aromatic carbocycles. The molecule has 0 aliphatic heterocycles. The van der Waals surface area contributed by atoms with Crippen LogP contribution in [-0.4, -0.2) is 15.3 Å². The molecule has 0 N–H and O–H groups in total. The first kappa shape index (κ1) is 20.1. The highest BCUT2D eigenvalue weighted by atomic mass is 32.1. The van der Waals surface area contributed by atoms with Gasteiger partial charge in [0, 0.05) is 28.6 Å². The topological polar surface area (TPSA) is 72.8 Å². The molecule has 0 unspecified atom stereocenters. The third kappa shape index (κ3) is 4.02. The Balaban J connectivity index is 1.71. The van der Waals surface area contributed by atoms with Crippen LogP contribution in [0.1, 0.15) is 24.0 Å². The van der Waals surface area contributed by atoms with Crippen LogP contribution in [0.3, 0.4) is 0 Å². The summed E-state index contributed by atoms with van der Waals surface area (Å²) in [5.41, 5.74) is 5.86. The second-order valence-electron chi connectivity index (χ2n) is 7.53. The number of non-ortho nitro benzene ring substituents is 1. The van der Waals surface area contributed by atoms with Gasteiger partial charge in [0.2, 0.25) is 4.80 Å². The predicted octanol–water partition coefficient (Wildman–Crippen LogP) is 5.95. The molecule has 0 atom stereocenters. The molecule has 1 aliphatic rings. The predicted molar refractivity (Wildman–Crippen MR) is 127 cm³/mol. The number of benzene rings is 3. The van der Waals surface area contributed by atoms with Gasteiger partial charge in [-0.05, 0) is 37.0 Å². The Morgan fingerprint density at radius 3 is 2.59 bits per heavy atom. The molecule has 158 valence electrons. The third-order valence-corrected chi connectivity index (χ3v) is 6.24. The fraction of sp³-hybridized carbons (Fsp3) is 0.120. The van der Waals surface area contributed by atoms with Crippen LogP contribution in [0.5, 0.6) is 0 Å². The summed E-state index contributed by atoms with van der Waals surface area (Å²) in [6, 6.07) is 24.7. The first-order valence-electron chi connectivity index (χ1n) is 10.4. The maximum Gasteiger partial charge on any atom is 0.270 e. The smallest absolute Gasteiger partial charge is 0.258 e. The van der Waals surface area contributed by atoms with Gasteiger partial charge in [-0.15, -0.1) is 11.3 Å². The number of nitrogens with zero attached hydrogens (tertiary/aromatic N) is 4. The van der Waals surface area contributed by atoms with Crippen molar-refractivity contribution in [1.82, 2.24) is 4.68 Å². The highest BCUT2D eigenvalue weighted by Gasteiger charge is 2.17. The molecular formula is C25H20N4O2S. The van der Waals surface area contributed by atoms with E-state index in [9.17, 15) is 10.1 Å². The van der Waals surface area contributed by atoms with Gasteiger partial charge in [0.05, 0.1) is 22.0 Å². The minimum Gasteiger partial charge on any atom is -0.258 e. The van der Waals surface area contributed by atoms with Crippen LogP contribution in [0, 0.1) is 10.1 Å². The van der Waals surface area contributed by atoms with Crippen LogP contribution >= 0.6 is 11.3 Å². The number of aryl methyl sites for hydroxylation is 1. The van der Waals surface area contributed by atoms with Gasteiger partial charge >= 0.3 is 0 Å². The third-order valence-electron chi connectivity index (χ3n) is 5.43. The van der Waals surface area contributed by atoms with E-state index < -0.39 is 0 Å². The number of hydrogen-bond acceptors (Lipinski definition) is 5. The van der Waals surface area contributed by atoms with Crippen LogP contribution in [0.25, 0.3) is 11.3 Å². The zero-order chi connectivity index (χ0) is 21.9. The van der Waals surface area contributed by atoms with Crippen molar-refractivity contribution >= 4 is 28.4 Å². The Morgan fingerprint density at radius 1 is 0.938 bits per heavy atom. The molecule has 0 spiro atoms. The first-order chi connectivity index (χ1) is 15.7. The van der Waals surface area contributed by atoms with Gasteiger partial charge in [-0.3, -0.25) is 10.1 Å². The Hall–Kier alpha value is -3.84. The molecule has 5 rings (SSSR count). The Bertz CT molecular complexity index is 1390. The van der Waals surface area contributed by atoms with E-state index in [-0.39, 0.29) is 10.6 Å². The van der Waals surface area contributed by atoms with E-state index in [0.717, 1.165) is 47.5 Å². The van der Waals surface area contributed by atoms with Crippen LogP contribution in [0.4, 0.5) is 11.4 Å². The molecule has 0 radical (unpaired) electrons. The zero-order valence-corrected chi connectivity index (χ0v) is 18.0. The summed E-state index contributed by atoms with van der Waals surface area (Å²) in [6.07, 6.45) is 2.96. The van der Waals surface area contributed by atoms with Gasteiger partial charge in [-0.2, -0.15) is 5.10 Å². The van der Waals surface area contributed by atoms with Crippen molar-refractivity contribution in [3.63, 3.8) is 0 Å². The van der Waals surface area contributed by atoms with Gasteiger partial charge in [0.25, 0.3) is 5.69 Å². The van der Waals surface area contributed by atoms with Crippen LogP contribution in [0.15, 0.2) is 94.3 Å². The lowest BCUT2D eigenvalue weighted by molar-refractivity contribution is -0.384. The van der Waals surface area contributed by atoms with E-state index in [0.29, 0.717) is 4.80 Å². The first-order valence-corrected chi connectivity index (χ1v) is 11.3. The summed E-state index contributed by atoms with van der Waals surface area (Å²) >= 11 is 1.47. The van der Waals surface area contributed by atoms with E-state index in [4.69, 9.17) is 10.1 Å². The lowest BCUT2D eigenvalue weighted by Crippen LogP contribution is -2.18. The molecule has 0 bridgehead atoms. The molecule has 6 nitrogen and oxygen atoms in total. The van der Waals surface area contributed by atoms with E-state index in [1.807, 2.05) is 52.5 Å². The largest absolute Gasteiger partial charge is 0.270 e. The molecule has 0 saturated carbocycles. The van der Waals surface area contributed by atoms with E-state index >= 15 is 0 Å². The second-order valence-corrected chi connectivity index (χ2v) is 8.36. The minimum atomic E-state index is -0.376. The lowest BCUT2D eigenvalue weighted by Gasteiger charge is -2.18. The van der Waals surface area contributed by atoms with Gasteiger partial charge in [0.15, 0.2) is 0 Å². The molecule has 1 aromatic heterocycles.